The third kappa shape index (κ3) is 4.20. The number of carbonyl (C=O) groups is 3. The average molecular weight is 381 g/mol. The van der Waals surface area contributed by atoms with Gasteiger partial charge in [-0.15, -0.1) is 0 Å². The van der Waals surface area contributed by atoms with Crippen LogP contribution in [0.1, 0.15) is 18.4 Å². The predicted octanol–water partition coefficient (Wildman–Crippen LogP) is 3.55. The number of para-hydroxylation sites is 1. The maximum atomic E-state index is 12.4. The van der Waals surface area contributed by atoms with E-state index in [2.05, 4.69) is 0 Å². The number of methoxy groups -OCH3 is 1. The van der Waals surface area contributed by atoms with Crippen LogP contribution in [0.25, 0.3) is 17.2 Å². The van der Waals surface area contributed by atoms with Gasteiger partial charge in [0.05, 0.1) is 7.11 Å². The molecule has 0 unspecified atom stereocenters. The van der Waals surface area contributed by atoms with E-state index in [1.807, 2.05) is 42.5 Å². The zero-order chi connectivity index (χ0) is 20.1. The first-order valence-electron chi connectivity index (χ1n) is 8.70. The zero-order valence-corrected chi connectivity index (χ0v) is 15.3. The first-order valence-corrected chi connectivity index (χ1v) is 8.70. The number of rotatable bonds is 7. The van der Waals surface area contributed by atoms with Crippen molar-refractivity contribution in [3.05, 3.63) is 59.9 Å². The Balaban J connectivity index is 1.81. The summed E-state index contributed by atoms with van der Waals surface area (Å²) in [4.78, 5) is 35.8. The maximum Gasteiger partial charge on any atom is 0.422 e. The number of amides is 2. The Morgan fingerprint density at radius 3 is 2.71 bits per heavy atom. The van der Waals surface area contributed by atoms with Gasteiger partial charge in [0.15, 0.2) is 5.76 Å². The van der Waals surface area contributed by atoms with Crippen molar-refractivity contribution in [2.24, 2.45) is 0 Å². The Kier molecular flexibility index (Phi) is 5.74. The van der Waals surface area contributed by atoms with E-state index in [0.717, 1.165) is 21.8 Å². The Morgan fingerprint density at radius 1 is 1.18 bits per heavy atom. The standard InChI is InChI=1S/C21H19NO6/c1-27-17-9-3-2-8-16(17)15-7-4-6-14(12-15)13-18-20(25)22(21(26)28-18)11-5-10-19(23)24/h2-4,6-9,12-13H,5,10-11H2,1H3,(H,23,24)/b18-13-. The van der Waals surface area contributed by atoms with Gasteiger partial charge in [0, 0.05) is 18.5 Å². The summed E-state index contributed by atoms with van der Waals surface area (Å²) in [5, 5.41) is 8.68. The first kappa shape index (κ1) is 19.2. The molecule has 1 heterocycles. The van der Waals surface area contributed by atoms with Crippen LogP contribution in [-0.4, -0.2) is 41.6 Å². The highest BCUT2D eigenvalue weighted by Crippen LogP contribution is 2.30. The monoisotopic (exact) mass is 381 g/mol. The van der Waals surface area contributed by atoms with Crippen LogP contribution in [0.15, 0.2) is 54.3 Å². The highest BCUT2D eigenvalue weighted by molar-refractivity contribution is 6.10. The fourth-order valence-electron chi connectivity index (χ4n) is 2.91. The van der Waals surface area contributed by atoms with Crippen LogP contribution >= 0.6 is 0 Å². The second-order valence-corrected chi connectivity index (χ2v) is 6.16. The molecular formula is C21H19NO6. The van der Waals surface area contributed by atoms with E-state index in [1.165, 1.54) is 6.08 Å². The Bertz CT molecular complexity index is 949. The average Bonchev–Trinajstić information content (AvgIpc) is 2.95. The normalized spacial score (nSPS) is 15.0. The summed E-state index contributed by atoms with van der Waals surface area (Å²) in [6, 6.07) is 15.0. The van der Waals surface area contributed by atoms with Crippen LogP contribution in [0, 0.1) is 0 Å². The predicted molar refractivity (Wildman–Crippen MR) is 101 cm³/mol. The molecule has 1 aliphatic rings. The largest absolute Gasteiger partial charge is 0.496 e. The number of hydrogen-bond donors (Lipinski definition) is 1. The summed E-state index contributed by atoms with van der Waals surface area (Å²) >= 11 is 0. The number of imide groups is 1. The van der Waals surface area contributed by atoms with Gasteiger partial charge in [-0.1, -0.05) is 36.4 Å². The summed E-state index contributed by atoms with van der Waals surface area (Å²) < 4.78 is 10.4. The molecule has 7 heteroatoms. The second kappa shape index (κ2) is 8.39. The molecule has 2 aromatic rings. The van der Waals surface area contributed by atoms with Crippen LogP contribution in [0.3, 0.4) is 0 Å². The third-order valence-corrected chi connectivity index (χ3v) is 4.25. The van der Waals surface area contributed by atoms with E-state index in [-0.39, 0.29) is 25.1 Å². The minimum absolute atomic E-state index is 0.00254. The fraction of sp³-hybridized carbons (Fsp3) is 0.190. The minimum atomic E-state index is -0.982. The van der Waals surface area contributed by atoms with Gasteiger partial charge in [0.1, 0.15) is 5.75 Å². The van der Waals surface area contributed by atoms with Gasteiger partial charge in [0.2, 0.25) is 0 Å². The van der Waals surface area contributed by atoms with Crippen LogP contribution in [0.5, 0.6) is 5.75 Å². The van der Waals surface area contributed by atoms with Gasteiger partial charge in [-0.3, -0.25) is 9.59 Å². The zero-order valence-electron chi connectivity index (χ0n) is 15.3. The number of hydrogen-bond acceptors (Lipinski definition) is 5. The lowest BCUT2D eigenvalue weighted by atomic mass is 10.0. The fourth-order valence-corrected chi connectivity index (χ4v) is 2.91. The number of nitrogens with zero attached hydrogens (tertiary/aromatic N) is 1. The molecule has 144 valence electrons. The van der Waals surface area contributed by atoms with Crippen molar-refractivity contribution in [1.29, 1.82) is 0 Å². The summed E-state index contributed by atoms with van der Waals surface area (Å²) in [5.41, 5.74) is 2.48. The highest BCUT2D eigenvalue weighted by atomic mass is 16.6. The van der Waals surface area contributed by atoms with Crippen molar-refractivity contribution >= 4 is 24.0 Å². The quantitative estimate of drug-likeness (QED) is 0.738. The number of aliphatic carboxylic acids is 1. The topological polar surface area (TPSA) is 93.1 Å². The highest BCUT2D eigenvalue weighted by Gasteiger charge is 2.36. The van der Waals surface area contributed by atoms with Crippen LogP contribution in [0.2, 0.25) is 0 Å². The molecule has 0 saturated carbocycles. The molecule has 2 amide bonds. The molecule has 7 nitrogen and oxygen atoms in total. The first-order chi connectivity index (χ1) is 13.5. The van der Waals surface area contributed by atoms with Crippen LogP contribution in [-0.2, 0) is 14.3 Å². The summed E-state index contributed by atoms with van der Waals surface area (Å²) in [6.45, 7) is 0.00254. The molecule has 0 atom stereocenters. The lowest BCUT2D eigenvalue weighted by Crippen LogP contribution is -2.30. The molecule has 0 bridgehead atoms. The lowest BCUT2D eigenvalue weighted by molar-refractivity contribution is -0.137. The number of ether oxygens (including phenoxy) is 2. The van der Waals surface area contributed by atoms with E-state index in [9.17, 15) is 14.4 Å². The molecule has 28 heavy (non-hydrogen) atoms. The van der Waals surface area contributed by atoms with Crippen molar-refractivity contribution < 1.29 is 29.0 Å². The van der Waals surface area contributed by atoms with Gasteiger partial charge in [-0.05, 0) is 35.8 Å². The smallest absolute Gasteiger partial charge is 0.422 e. The Hall–Kier alpha value is -3.61. The minimum Gasteiger partial charge on any atom is -0.496 e. The van der Waals surface area contributed by atoms with E-state index < -0.39 is 18.0 Å². The van der Waals surface area contributed by atoms with E-state index in [0.29, 0.717) is 5.56 Å². The second-order valence-electron chi connectivity index (χ2n) is 6.16. The molecule has 0 spiro atoms. The van der Waals surface area contributed by atoms with Gasteiger partial charge < -0.3 is 14.6 Å². The van der Waals surface area contributed by atoms with E-state index in [4.69, 9.17) is 14.6 Å². The number of carboxylic acids is 1. The van der Waals surface area contributed by atoms with Crippen molar-refractivity contribution in [2.45, 2.75) is 12.8 Å². The molecule has 1 fully saturated rings. The SMILES string of the molecule is COc1ccccc1-c1cccc(/C=C2\OC(=O)N(CCCC(=O)O)C2=O)c1. The molecule has 0 aromatic heterocycles. The van der Waals surface area contributed by atoms with Gasteiger partial charge in [0.25, 0.3) is 5.91 Å². The van der Waals surface area contributed by atoms with Gasteiger partial charge in [-0.2, -0.15) is 0 Å². The van der Waals surface area contributed by atoms with Crippen molar-refractivity contribution in [3.63, 3.8) is 0 Å². The molecule has 3 rings (SSSR count). The molecule has 0 aliphatic carbocycles. The van der Waals surface area contributed by atoms with Crippen molar-refractivity contribution in [3.8, 4) is 16.9 Å². The van der Waals surface area contributed by atoms with Crippen molar-refractivity contribution in [2.75, 3.05) is 13.7 Å². The van der Waals surface area contributed by atoms with Crippen LogP contribution < -0.4 is 4.74 Å². The molecule has 1 saturated heterocycles. The molecule has 1 N–H and O–H groups in total. The Morgan fingerprint density at radius 2 is 1.96 bits per heavy atom. The Labute approximate surface area is 161 Å². The maximum absolute atomic E-state index is 12.4. The number of benzene rings is 2. The van der Waals surface area contributed by atoms with Gasteiger partial charge in [-0.25, -0.2) is 9.69 Å². The van der Waals surface area contributed by atoms with E-state index >= 15 is 0 Å². The lowest BCUT2D eigenvalue weighted by Gasteiger charge is -2.09. The summed E-state index contributed by atoms with van der Waals surface area (Å²) in [5.74, 6) is -0.917. The summed E-state index contributed by atoms with van der Waals surface area (Å²) in [6.07, 6.45) is 0.752. The molecular weight excluding hydrogens is 362 g/mol. The molecule has 0 radical (unpaired) electrons. The summed E-state index contributed by atoms with van der Waals surface area (Å²) in [7, 11) is 1.60. The number of cyclic esters (lactones) is 1. The number of carboxylic acid groups (broad SMARTS) is 1. The third-order valence-electron chi connectivity index (χ3n) is 4.25. The van der Waals surface area contributed by atoms with Crippen molar-refractivity contribution in [1.82, 2.24) is 4.90 Å². The molecule has 2 aromatic carbocycles. The number of carbonyl (C=O) groups excluding carboxylic acids is 2. The van der Waals surface area contributed by atoms with Gasteiger partial charge >= 0.3 is 12.1 Å². The van der Waals surface area contributed by atoms with Crippen LogP contribution in [0.4, 0.5) is 4.79 Å². The van der Waals surface area contributed by atoms with E-state index in [1.54, 1.807) is 13.2 Å². The molecule has 1 aliphatic heterocycles.